The summed E-state index contributed by atoms with van der Waals surface area (Å²) >= 11 is 5.90. The molecule has 0 spiro atoms. The normalized spacial score (nSPS) is 20.7. The molecule has 4 nitrogen and oxygen atoms in total. The van der Waals surface area contributed by atoms with E-state index in [-0.39, 0.29) is 6.54 Å². The maximum atomic E-state index is 12.9. The number of carbonyl (C=O) groups excluding carboxylic acids is 1. The first-order valence-electron chi connectivity index (χ1n) is 5.45. The van der Waals surface area contributed by atoms with Crippen molar-refractivity contribution in [3.63, 3.8) is 0 Å². The summed E-state index contributed by atoms with van der Waals surface area (Å²) in [6.07, 6.45) is -1.57. The molecule has 0 radical (unpaired) electrons. The molecule has 1 heterocycles. The Morgan fingerprint density at radius 3 is 2.89 bits per heavy atom. The van der Waals surface area contributed by atoms with Crippen LogP contribution in [0.2, 0.25) is 5.02 Å². The van der Waals surface area contributed by atoms with Gasteiger partial charge in [-0.25, -0.2) is 4.79 Å². The van der Waals surface area contributed by atoms with Crippen LogP contribution in [0.15, 0.2) is 18.2 Å². The Morgan fingerprint density at radius 1 is 1.58 bits per heavy atom. The number of hydrogen-bond donors (Lipinski definition) is 1. The maximum absolute atomic E-state index is 12.9. The predicted octanol–water partition coefficient (Wildman–Crippen LogP) is 2.57. The highest BCUT2D eigenvalue weighted by atomic mass is 35.5. The van der Waals surface area contributed by atoms with E-state index in [2.05, 4.69) is 10.1 Å². The van der Waals surface area contributed by atoms with E-state index in [0.717, 1.165) is 0 Å². The van der Waals surface area contributed by atoms with Crippen LogP contribution in [0.4, 0.5) is 14.5 Å². The van der Waals surface area contributed by atoms with E-state index >= 15 is 0 Å². The minimum absolute atomic E-state index is 0.00985. The summed E-state index contributed by atoms with van der Waals surface area (Å²) in [6.45, 7) is 0.00985. The molecular weight excluding hydrogens is 278 g/mol. The Bertz CT molecular complexity index is 557. The molecule has 1 unspecified atom stereocenters. The number of alkyl halides is 2. The standard InChI is InChI=1S/C12H9ClF2N2O2/c13-9-2-1-7(5-16)3-10(9)17-6-8-4-12(14,15)11(18)19-8/h1-3,8,17H,4,6H2. The number of nitrogens with zero attached hydrogens (tertiary/aromatic N) is 1. The highest BCUT2D eigenvalue weighted by Crippen LogP contribution is 2.31. The van der Waals surface area contributed by atoms with Gasteiger partial charge in [0, 0.05) is 0 Å². The van der Waals surface area contributed by atoms with E-state index in [0.29, 0.717) is 16.3 Å². The maximum Gasteiger partial charge on any atom is 0.377 e. The molecular formula is C12H9ClF2N2O2. The molecule has 1 aliphatic rings. The second-order valence-corrected chi connectivity index (χ2v) is 4.53. The van der Waals surface area contributed by atoms with Crippen LogP contribution in [0.3, 0.4) is 0 Å². The minimum Gasteiger partial charge on any atom is -0.456 e. The third-order valence-electron chi connectivity index (χ3n) is 2.67. The zero-order valence-corrected chi connectivity index (χ0v) is 10.4. The van der Waals surface area contributed by atoms with Gasteiger partial charge < -0.3 is 10.1 Å². The van der Waals surface area contributed by atoms with Crippen molar-refractivity contribution in [2.45, 2.75) is 18.4 Å². The lowest BCUT2D eigenvalue weighted by atomic mass is 10.2. The minimum atomic E-state index is -3.43. The van der Waals surface area contributed by atoms with Gasteiger partial charge in [0.15, 0.2) is 0 Å². The molecule has 19 heavy (non-hydrogen) atoms. The summed E-state index contributed by atoms with van der Waals surface area (Å²) in [5.74, 6) is -4.93. The van der Waals surface area contributed by atoms with Crippen LogP contribution in [-0.4, -0.2) is 24.5 Å². The van der Waals surface area contributed by atoms with Crippen molar-refractivity contribution in [2.75, 3.05) is 11.9 Å². The van der Waals surface area contributed by atoms with Crippen LogP contribution in [0.1, 0.15) is 12.0 Å². The Hall–Kier alpha value is -1.87. The van der Waals surface area contributed by atoms with Gasteiger partial charge in [0.25, 0.3) is 0 Å². The summed E-state index contributed by atoms with van der Waals surface area (Å²) in [5.41, 5.74) is 0.827. The van der Waals surface area contributed by atoms with Gasteiger partial charge in [0.05, 0.1) is 35.3 Å². The van der Waals surface area contributed by atoms with Gasteiger partial charge in [0.2, 0.25) is 0 Å². The van der Waals surface area contributed by atoms with Gasteiger partial charge in [-0.15, -0.1) is 0 Å². The fraction of sp³-hybridized carbons (Fsp3) is 0.333. The molecule has 7 heteroatoms. The van der Waals surface area contributed by atoms with Gasteiger partial charge in [-0.2, -0.15) is 14.0 Å². The zero-order chi connectivity index (χ0) is 14.0. The van der Waals surface area contributed by atoms with Crippen molar-refractivity contribution in [3.05, 3.63) is 28.8 Å². The summed E-state index contributed by atoms with van der Waals surface area (Å²) < 4.78 is 30.4. The molecule has 1 aromatic rings. The van der Waals surface area contributed by atoms with Crippen molar-refractivity contribution >= 4 is 23.3 Å². The van der Waals surface area contributed by atoms with Gasteiger partial charge in [-0.1, -0.05) is 11.6 Å². The second-order valence-electron chi connectivity index (χ2n) is 4.12. The molecule has 2 rings (SSSR count). The van der Waals surface area contributed by atoms with E-state index < -0.39 is 24.4 Å². The number of nitrogens with one attached hydrogen (secondary N) is 1. The Kier molecular flexibility index (Phi) is 3.58. The first-order valence-corrected chi connectivity index (χ1v) is 5.82. The molecule has 1 atom stereocenters. The van der Waals surface area contributed by atoms with Crippen molar-refractivity contribution < 1.29 is 18.3 Å². The highest BCUT2D eigenvalue weighted by molar-refractivity contribution is 6.33. The molecule has 0 saturated carbocycles. The second kappa shape index (κ2) is 5.02. The van der Waals surface area contributed by atoms with E-state index in [1.54, 1.807) is 0 Å². The van der Waals surface area contributed by atoms with Crippen molar-refractivity contribution in [2.24, 2.45) is 0 Å². The SMILES string of the molecule is N#Cc1ccc(Cl)c(NCC2CC(F)(F)C(=O)O2)c1. The smallest absolute Gasteiger partial charge is 0.377 e. The summed E-state index contributed by atoms with van der Waals surface area (Å²) in [5, 5.41) is 11.9. The fourth-order valence-corrected chi connectivity index (χ4v) is 1.90. The van der Waals surface area contributed by atoms with E-state index in [1.165, 1.54) is 18.2 Å². The van der Waals surface area contributed by atoms with Crippen LogP contribution in [0.5, 0.6) is 0 Å². The van der Waals surface area contributed by atoms with Crippen LogP contribution in [0.25, 0.3) is 0 Å². The largest absolute Gasteiger partial charge is 0.456 e. The number of nitriles is 1. The topological polar surface area (TPSA) is 62.1 Å². The molecule has 0 aliphatic carbocycles. The average Bonchev–Trinajstić information content (AvgIpc) is 2.62. The van der Waals surface area contributed by atoms with Crippen LogP contribution < -0.4 is 5.32 Å². The number of anilines is 1. The Labute approximate surface area is 112 Å². The zero-order valence-electron chi connectivity index (χ0n) is 9.62. The molecule has 1 N–H and O–H groups in total. The number of hydrogen-bond acceptors (Lipinski definition) is 4. The number of ether oxygens (including phenoxy) is 1. The number of rotatable bonds is 3. The summed E-state index contributed by atoms with van der Waals surface area (Å²) in [7, 11) is 0. The monoisotopic (exact) mass is 286 g/mol. The predicted molar refractivity (Wildman–Crippen MR) is 64.1 cm³/mol. The van der Waals surface area contributed by atoms with Crippen LogP contribution in [-0.2, 0) is 9.53 Å². The molecule has 1 saturated heterocycles. The molecule has 0 aromatic heterocycles. The third-order valence-corrected chi connectivity index (χ3v) is 3.00. The van der Waals surface area contributed by atoms with Gasteiger partial charge in [0.1, 0.15) is 6.10 Å². The molecule has 0 amide bonds. The molecule has 0 bridgehead atoms. The van der Waals surface area contributed by atoms with Crippen molar-refractivity contribution in [1.82, 2.24) is 0 Å². The number of halogens is 3. The number of cyclic esters (lactones) is 1. The number of benzene rings is 1. The Balaban J connectivity index is 2.01. The van der Waals surface area contributed by atoms with Gasteiger partial charge >= 0.3 is 11.9 Å². The van der Waals surface area contributed by atoms with Gasteiger partial charge in [-0.3, -0.25) is 0 Å². The molecule has 1 aromatic carbocycles. The first kappa shape index (κ1) is 13.6. The lowest BCUT2D eigenvalue weighted by molar-refractivity contribution is -0.158. The van der Waals surface area contributed by atoms with Crippen LogP contribution >= 0.6 is 11.6 Å². The van der Waals surface area contributed by atoms with E-state index in [4.69, 9.17) is 16.9 Å². The van der Waals surface area contributed by atoms with Crippen LogP contribution in [0, 0.1) is 11.3 Å². The van der Waals surface area contributed by atoms with Gasteiger partial charge in [-0.05, 0) is 18.2 Å². The number of carbonyl (C=O) groups is 1. The fourth-order valence-electron chi connectivity index (χ4n) is 1.72. The lowest BCUT2D eigenvalue weighted by Gasteiger charge is -2.12. The lowest BCUT2D eigenvalue weighted by Crippen LogP contribution is -2.22. The Morgan fingerprint density at radius 2 is 2.32 bits per heavy atom. The van der Waals surface area contributed by atoms with Crippen molar-refractivity contribution in [3.8, 4) is 6.07 Å². The first-order chi connectivity index (χ1) is 8.92. The van der Waals surface area contributed by atoms with E-state index in [1.807, 2.05) is 6.07 Å². The average molecular weight is 287 g/mol. The molecule has 100 valence electrons. The quantitative estimate of drug-likeness (QED) is 0.868. The number of esters is 1. The highest BCUT2D eigenvalue weighted by Gasteiger charge is 2.50. The van der Waals surface area contributed by atoms with E-state index in [9.17, 15) is 13.6 Å². The molecule has 1 fully saturated rings. The molecule has 1 aliphatic heterocycles. The third kappa shape index (κ3) is 2.93. The summed E-state index contributed by atoms with van der Waals surface area (Å²) in [4.78, 5) is 10.8. The van der Waals surface area contributed by atoms with Crippen molar-refractivity contribution in [1.29, 1.82) is 5.26 Å². The summed E-state index contributed by atoms with van der Waals surface area (Å²) in [6, 6.07) is 6.50.